The summed E-state index contributed by atoms with van der Waals surface area (Å²) in [6.07, 6.45) is 0. The smallest absolute Gasteiger partial charge is 0.768 e. The summed E-state index contributed by atoms with van der Waals surface area (Å²) in [6, 6.07) is 5.12. The zero-order chi connectivity index (χ0) is 8.43. The fourth-order valence-corrected chi connectivity index (χ4v) is 1.91. The predicted molar refractivity (Wildman–Crippen MR) is 46.1 cm³/mol. The molecule has 2 nitrogen and oxygen atoms in total. The van der Waals surface area contributed by atoms with Crippen LogP contribution in [0, 0.1) is 6.92 Å². The van der Waals surface area contributed by atoms with Crippen LogP contribution in [0.25, 0.3) is 0 Å². The van der Waals surface area contributed by atoms with Gasteiger partial charge >= 0.3 is 29.6 Å². The molecule has 0 aliphatic heterocycles. The number of rotatable bonds is 1. The van der Waals surface area contributed by atoms with Crippen LogP contribution in [-0.2, 0) is 11.1 Å². The van der Waals surface area contributed by atoms with E-state index in [9.17, 15) is 8.76 Å². The Labute approximate surface area is 104 Å². The molecule has 0 saturated carbocycles. The van der Waals surface area contributed by atoms with E-state index in [2.05, 4.69) is 15.9 Å². The minimum atomic E-state index is -2.15. The second kappa shape index (κ2) is 5.52. The third-order valence-electron chi connectivity index (χ3n) is 1.34. The van der Waals surface area contributed by atoms with Gasteiger partial charge in [0, 0.05) is 9.37 Å². The standard InChI is InChI=1S/C7H7BrO2S.Na/c1-5-3-2-4-6(7(5)8)11(9)10;/h2-4H,1H3,(H,9,10);/q;+1/p-1. The van der Waals surface area contributed by atoms with Gasteiger partial charge < -0.3 is 4.55 Å². The van der Waals surface area contributed by atoms with E-state index in [1.165, 1.54) is 0 Å². The number of aryl methyl sites for hydroxylation is 1. The van der Waals surface area contributed by atoms with Gasteiger partial charge in [0.1, 0.15) is 0 Å². The first-order valence-electron chi connectivity index (χ1n) is 2.97. The van der Waals surface area contributed by atoms with Crippen molar-refractivity contribution < 1.29 is 38.3 Å². The molecule has 0 radical (unpaired) electrons. The number of halogens is 1. The summed E-state index contributed by atoms with van der Waals surface area (Å²) < 4.78 is 21.7. The van der Waals surface area contributed by atoms with Gasteiger partial charge in [0.05, 0.1) is 0 Å². The molecular formula is C7H6BrNaO2S. The largest absolute Gasteiger partial charge is 1.00 e. The molecule has 0 N–H and O–H groups in total. The fourth-order valence-electron chi connectivity index (χ4n) is 0.749. The molecule has 60 valence electrons. The van der Waals surface area contributed by atoms with Crippen molar-refractivity contribution in [3.63, 3.8) is 0 Å². The monoisotopic (exact) mass is 256 g/mol. The Kier molecular flexibility index (Phi) is 5.89. The topological polar surface area (TPSA) is 40.1 Å². The molecule has 1 rings (SSSR count). The van der Waals surface area contributed by atoms with Gasteiger partial charge in [0.15, 0.2) is 0 Å². The van der Waals surface area contributed by atoms with E-state index in [1.54, 1.807) is 12.1 Å². The predicted octanol–water partition coefficient (Wildman–Crippen LogP) is -1.00. The molecule has 0 saturated heterocycles. The van der Waals surface area contributed by atoms with E-state index in [0.29, 0.717) is 9.37 Å². The van der Waals surface area contributed by atoms with Crippen molar-refractivity contribution >= 4 is 27.0 Å². The van der Waals surface area contributed by atoms with Crippen LogP contribution in [0.15, 0.2) is 27.6 Å². The SMILES string of the molecule is Cc1cccc(S(=O)[O-])c1Br.[Na+]. The summed E-state index contributed by atoms with van der Waals surface area (Å²) in [5.41, 5.74) is 0.923. The molecule has 0 bridgehead atoms. The second-order valence-corrected chi connectivity index (χ2v) is 3.82. The molecule has 12 heavy (non-hydrogen) atoms. The van der Waals surface area contributed by atoms with Crippen LogP contribution in [0.3, 0.4) is 0 Å². The van der Waals surface area contributed by atoms with Crippen LogP contribution in [0.1, 0.15) is 5.56 Å². The van der Waals surface area contributed by atoms with Crippen LogP contribution >= 0.6 is 15.9 Å². The second-order valence-electron chi connectivity index (χ2n) is 2.12. The van der Waals surface area contributed by atoms with E-state index in [-0.39, 0.29) is 29.6 Å². The minimum absolute atomic E-state index is 0. The average molecular weight is 257 g/mol. The van der Waals surface area contributed by atoms with Gasteiger partial charge in [-0.05, 0) is 45.6 Å². The van der Waals surface area contributed by atoms with Crippen LogP contribution in [0.5, 0.6) is 0 Å². The van der Waals surface area contributed by atoms with Crippen molar-refractivity contribution in [3.8, 4) is 0 Å². The molecule has 0 aliphatic rings. The van der Waals surface area contributed by atoms with Crippen molar-refractivity contribution in [2.75, 3.05) is 0 Å². The summed E-state index contributed by atoms with van der Waals surface area (Å²) in [6.45, 7) is 1.85. The number of hydrogen-bond donors (Lipinski definition) is 0. The van der Waals surface area contributed by atoms with Gasteiger partial charge in [-0.3, -0.25) is 4.21 Å². The van der Waals surface area contributed by atoms with E-state index < -0.39 is 11.1 Å². The first kappa shape index (κ1) is 12.8. The maximum Gasteiger partial charge on any atom is 1.00 e. The minimum Gasteiger partial charge on any atom is -0.768 e. The van der Waals surface area contributed by atoms with Gasteiger partial charge in [-0.15, -0.1) is 0 Å². The normalized spacial score (nSPS) is 11.9. The van der Waals surface area contributed by atoms with Crippen LogP contribution in [0.4, 0.5) is 0 Å². The molecule has 0 aromatic heterocycles. The molecule has 1 aromatic carbocycles. The molecule has 0 aliphatic carbocycles. The summed E-state index contributed by atoms with van der Waals surface area (Å²) in [5, 5.41) is 0. The Morgan fingerprint density at radius 2 is 2.08 bits per heavy atom. The maximum absolute atomic E-state index is 10.5. The third-order valence-corrected chi connectivity index (χ3v) is 3.35. The molecule has 0 amide bonds. The Hall–Kier alpha value is 0.810. The summed E-state index contributed by atoms with van der Waals surface area (Å²) in [5.74, 6) is 0. The Morgan fingerprint density at radius 1 is 1.50 bits per heavy atom. The Bertz CT molecular complexity index is 303. The van der Waals surface area contributed by atoms with Gasteiger partial charge in [0.2, 0.25) is 0 Å². The van der Waals surface area contributed by atoms with E-state index in [1.807, 2.05) is 13.0 Å². The summed E-state index contributed by atoms with van der Waals surface area (Å²) in [4.78, 5) is 0.310. The molecule has 1 aromatic rings. The van der Waals surface area contributed by atoms with E-state index in [0.717, 1.165) is 5.56 Å². The average Bonchev–Trinajstić information content (AvgIpc) is 1.94. The fraction of sp³-hybridized carbons (Fsp3) is 0.143. The molecular weight excluding hydrogens is 251 g/mol. The zero-order valence-electron chi connectivity index (χ0n) is 6.83. The number of benzene rings is 1. The van der Waals surface area contributed by atoms with Crippen molar-refractivity contribution in [3.05, 3.63) is 28.2 Å². The van der Waals surface area contributed by atoms with Crippen molar-refractivity contribution in [2.45, 2.75) is 11.8 Å². The van der Waals surface area contributed by atoms with Gasteiger partial charge in [-0.25, -0.2) is 0 Å². The van der Waals surface area contributed by atoms with E-state index in [4.69, 9.17) is 0 Å². The number of hydrogen-bond acceptors (Lipinski definition) is 2. The van der Waals surface area contributed by atoms with Crippen molar-refractivity contribution in [1.29, 1.82) is 0 Å². The molecule has 1 unspecified atom stereocenters. The molecule has 1 atom stereocenters. The quantitative estimate of drug-likeness (QED) is 0.478. The van der Waals surface area contributed by atoms with Gasteiger partial charge in [0.25, 0.3) is 0 Å². The van der Waals surface area contributed by atoms with Gasteiger partial charge in [-0.1, -0.05) is 12.1 Å². The van der Waals surface area contributed by atoms with Crippen molar-refractivity contribution in [1.82, 2.24) is 0 Å². The van der Waals surface area contributed by atoms with E-state index >= 15 is 0 Å². The zero-order valence-corrected chi connectivity index (χ0v) is 11.2. The van der Waals surface area contributed by atoms with Crippen LogP contribution in [0.2, 0.25) is 0 Å². The molecule has 0 fully saturated rings. The Balaban J connectivity index is 0.00000121. The third kappa shape index (κ3) is 2.94. The van der Waals surface area contributed by atoms with Crippen LogP contribution < -0.4 is 29.6 Å². The molecule has 5 heteroatoms. The summed E-state index contributed by atoms with van der Waals surface area (Å²) >= 11 is 1.04. The van der Waals surface area contributed by atoms with Gasteiger partial charge in [-0.2, -0.15) is 0 Å². The first-order chi connectivity index (χ1) is 5.13. The van der Waals surface area contributed by atoms with Crippen molar-refractivity contribution in [2.24, 2.45) is 0 Å². The molecule has 0 heterocycles. The molecule has 0 spiro atoms. The maximum atomic E-state index is 10.5. The van der Waals surface area contributed by atoms with Crippen LogP contribution in [-0.4, -0.2) is 8.76 Å². The first-order valence-corrected chi connectivity index (χ1v) is 4.84. The Morgan fingerprint density at radius 3 is 2.50 bits per heavy atom. The summed E-state index contributed by atoms with van der Waals surface area (Å²) in [7, 11) is 0.